The zero-order valence-corrected chi connectivity index (χ0v) is 7.86. The van der Waals surface area contributed by atoms with Crippen molar-refractivity contribution in [3.8, 4) is 0 Å². The van der Waals surface area contributed by atoms with Gasteiger partial charge in [-0.25, -0.2) is 0 Å². The molecule has 1 aromatic carbocycles. The van der Waals surface area contributed by atoms with E-state index in [1.165, 1.54) is 16.0 Å². The molecule has 2 aliphatic rings. The highest BCUT2D eigenvalue weighted by Gasteiger charge is 2.05. The van der Waals surface area contributed by atoms with Gasteiger partial charge in [-0.2, -0.15) is 0 Å². The van der Waals surface area contributed by atoms with Gasteiger partial charge in [0.1, 0.15) is 0 Å². The summed E-state index contributed by atoms with van der Waals surface area (Å²) >= 11 is 0. The lowest BCUT2D eigenvalue weighted by Gasteiger charge is -2.11. The van der Waals surface area contributed by atoms with Gasteiger partial charge in [-0.05, 0) is 28.1 Å². The Morgan fingerprint density at radius 3 is 3.14 bits per heavy atom. The maximum Gasteiger partial charge on any atom is 0.0727 e. The van der Waals surface area contributed by atoms with E-state index in [4.69, 9.17) is 4.74 Å². The summed E-state index contributed by atoms with van der Waals surface area (Å²) in [6.07, 6.45) is 7.21. The Morgan fingerprint density at radius 2 is 2.14 bits per heavy atom. The van der Waals surface area contributed by atoms with Crippen LogP contribution in [-0.2, 0) is 11.3 Å². The van der Waals surface area contributed by atoms with E-state index in [-0.39, 0.29) is 0 Å². The quantitative estimate of drug-likeness (QED) is 0.588. The number of nitrogens with zero attached hydrogens (tertiary/aromatic N) is 1. The molecule has 0 radical (unpaired) electrons. The predicted molar refractivity (Wildman–Crippen MR) is 57.0 cm³/mol. The molecular formula is C12H11NO. The van der Waals surface area contributed by atoms with Crippen LogP contribution >= 0.6 is 0 Å². The smallest absolute Gasteiger partial charge is 0.0727 e. The van der Waals surface area contributed by atoms with Gasteiger partial charge in [0.05, 0.1) is 18.9 Å². The van der Waals surface area contributed by atoms with Gasteiger partial charge in [0.2, 0.25) is 0 Å². The van der Waals surface area contributed by atoms with Crippen molar-refractivity contribution in [1.82, 2.24) is 0 Å². The number of aliphatic imine (C=N–C) groups is 1. The van der Waals surface area contributed by atoms with Gasteiger partial charge in [0.25, 0.3) is 0 Å². The third-order valence-electron chi connectivity index (χ3n) is 2.64. The van der Waals surface area contributed by atoms with E-state index in [1.807, 2.05) is 6.21 Å². The molecule has 14 heavy (non-hydrogen) atoms. The van der Waals surface area contributed by atoms with Crippen LogP contribution in [0.5, 0.6) is 0 Å². The molecule has 70 valence electrons. The maximum atomic E-state index is 5.38. The summed E-state index contributed by atoms with van der Waals surface area (Å²) < 4.78 is 5.38. The third-order valence-corrected chi connectivity index (χ3v) is 2.64. The Balaban J connectivity index is 2.33. The molecule has 0 fully saturated rings. The lowest BCUT2D eigenvalue weighted by Crippen LogP contribution is -2.21. The molecule has 0 aromatic heterocycles. The number of fused-ring (bicyclic) bond motifs is 2. The Hall–Kier alpha value is -1.41. The predicted octanol–water partition coefficient (Wildman–Crippen LogP) is 0.884. The van der Waals surface area contributed by atoms with E-state index in [0.29, 0.717) is 0 Å². The lowest BCUT2D eigenvalue weighted by molar-refractivity contribution is 0.150. The average molecular weight is 185 g/mol. The minimum absolute atomic E-state index is 0.721. The van der Waals surface area contributed by atoms with E-state index < -0.39 is 0 Å². The fraction of sp³-hybridized carbons (Fsp3) is 0.250. The summed E-state index contributed by atoms with van der Waals surface area (Å²) in [4.78, 5) is 4.38. The van der Waals surface area contributed by atoms with Crippen molar-refractivity contribution in [2.75, 3.05) is 6.61 Å². The summed E-state index contributed by atoms with van der Waals surface area (Å²) in [7, 11) is 0. The fourth-order valence-corrected chi connectivity index (χ4v) is 1.91. The van der Waals surface area contributed by atoms with Crippen LogP contribution in [0.25, 0.3) is 12.2 Å². The van der Waals surface area contributed by atoms with Crippen LogP contribution in [0.1, 0.15) is 12.0 Å². The van der Waals surface area contributed by atoms with Gasteiger partial charge in [-0.15, -0.1) is 0 Å². The highest BCUT2D eigenvalue weighted by atomic mass is 16.5. The first kappa shape index (κ1) is 7.94. The molecule has 0 amide bonds. The summed E-state index contributed by atoms with van der Waals surface area (Å²) in [5.41, 5.74) is 2.37. The minimum atomic E-state index is 0.721. The van der Waals surface area contributed by atoms with Crippen molar-refractivity contribution >= 4 is 24.1 Å². The standard InChI is InChI=1S/C12H11NO/c1-2-10-6-11-8-14-5-3-9(11)7-12(10)13-4-1/h2-4,6-7H,1,5,8H2. The van der Waals surface area contributed by atoms with Gasteiger partial charge >= 0.3 is 0 Å². The largest absolute Gasteiger partial charge is 0.373 e. The monoisotopic (exact) mass is 185 g/mol. The van der Waals surface area contributed by atoms with E-state index >= 15 is 0 Å². The Kier molecular flexibility index (Phi) is 1.74. The van der Waals surface area contributed by atoms with Crippen LogP contribution in [0.3, 0.4) is 0 Å². The molecule has 2 aliphatic heterocycles. The van der Waals surface area contributed by atoms with E-state index in [2.05, 4.69) is 29.3 Å². The number of benzene rings is 1. The molecule has 0 N–H and O–H groups in total. The minimum Gasteiger partial charge on any atom is -0.373 e. The van der Waals surface area contributed by atoms with Crippen LogP contribution in [0.15, 0.2) is 17.1 Å². The molecule has 1 aromatic rings. The van der Waals surface area contributed by atoms with Crippen molar-refractivity contribution < 1.29 is 4.74 Å². The molecule has 0 aliphatic carbocycles. The summed E-state index contributed by atoms with van der Waals surface area (Å²) in [5.74, 6) is 0. The molecule has 2 nitrogen and oxygen atoms in total. The second kappa shape index (κ2) is 3.07. The maximum absolute atomic E-state index is 5.38. The summed E-state index contributed by atoms with van der Waals surface area (Å²) in [6.45, 7) is 1.45. The van der Waals surface area contributed by atoms with Crippen LogP contribution in [-0.4, -0.2) is 12.8 Å². The van der Waals surface area contributed by atoms with Crippen molar-refractivity contribution in [3.05, 3.63) is 28.1 Å². The fourth-order valence-electron chi connectivity index (χ4n) is 1.91. The first-order valence-electron chi connectivity index (χ1n) is 4.87. The van der Waals surface area contributed by atoms with Crippen LogP contribution in [0, 0.1) is 0 Å². The molecule has 2 heteroatoms. The SMILES string of the molecule is C1=Nc2cc3c(cc2=CC1)COCC=3. The van der Waals surface area contributed by atoms with Gasteiger partial charge in [-0.1, -0.05) is 12.2 Å². The number of hydrogen-bond acceptors (Lipinski definition) is 2. The molecule has 3 rings (SSSR count). The Bertz CT molecular complexity index is 514. The first-order valence-corrected chi connectivity index (χ1v) is 4.87. The van der Waals surface area contributed by atoms with Crippen molar-refractivity contribution in [1.29, 1.82) is 0 Å². The van der Waals surface area contributed by atoms with Gasteiger partial charge < -0.3 is 4.74 Å². The van der Waals surface area contributed by atoms with Gasteiger partial charge in [0, 0.05) is 12.6 Å². The molecular weight excluding hydrogens is 174 g/mol. The van der Waals surface area contributed by atoms with Crippen LogP contribution < -0.4 is 10.4 Å². The molecule has 2 heterocycles. The third kappa shape index (κ3) is 1.19. The molecule has 0 atom stereocenters. The lowest BCUT2D eigenvalue weighted by atomic mass is 10.1. The van der Waals surface area contributed by atoms with E-state index in [9.17, 15) is 0 Å². The van der Waals surface area contributed by atoms with Crippen molar-refractivity contribution in [2.45, 2.75) is 13.0 Å². The molecule has 0 saturated carbocycles. The molecule has 0 unspecified atom stereocenters. The summed E-state index contributed by atoms with van der Waals surface area (Å²) in [5, 5.41) is 2.52. The van der Waals surface area contributed by atoms with E-state index in [0.717, 1.165) is 25.3 Å². The molecule has 0 bridgehead atoms. The van der Waals surface area contributed by atoms with Crippen molar-refractivity contribution in [2.24, 2.45) is 4.99 Å². The zero-order valence-electron chi connectivity index (χ0n) is 7.86. The normalized spacial score (nSPS) is 17.7. The molecule has 0 saturated heterocycles. The van der Waals surface area contributed by atoms with Gasteiger partial charge in [0.15, 0.2) is 0 Å². The summed E-state index contributed by atoms with van der Waals surface area (Å²) in [6, 6.07) is 4.34. The highest BCUT2D eigenvalue weighted by Crippen LogP contribution is 2.08. The number of rotatable bonds is 0. The van der Waals surface area contributed by atoms with Crippen LogP contribution in [0.2, 0.25) is 0 Å². The Morgan fingerprint density at radius 1 is 1.14 bits per heavy atom. The number of ether oxygens (including phenoxy) is 1. The topological polar surface area (TPSA) is 21.6 Å². The van der Waals surface area contributed by atoms with Crippen molar-refractivity contribution in [3.63, 3.8) is 0 Å². The number of hydrogen-bond donors (Lipinski definition) is 0. The first-order chi connectivity index (χ1) is 6.93. The Labute approximate surface area is 82.2 Å². The second-order valence-corrected chi connectivity index (χ2v) is 3.58. The van der Waals surface area contributed by atoms with E-state index in [1.54, 1.807) is 0 Å². The average Bonchev–Trinajstić information content (AvgIpc) is 2.26. The molecule has 0 spiro atoms. The highest BCUT2D eigenvalue weighted by molar-refractivity contribution is 5.73. The zero-order chi connectivity index (χ0) is 9.38. The van der Waals surface area contributed by atoms with Gasteiger partial charge in [-0.3, -0.25) is 4.99 Å². The van der Waals surface area contributed by atoms with Crippen LogP contribution in [0.4, 0.5) is 5.69 Å². The second-order valence-electron chi connectivity index (χ2n) is 3.58.